The average Bonchev–Trinajstić information content (AvgIpc) is 3.48. The lowest BCUT2D eigenvalue weighted by Crippen LogP contribution is -2.33. The zero-order valence-electron chi connectivity index (χ0n) is 18.2. The van der Waals surface area contributed by atoms with Crippen molar-refractivity contribution in [3.05, 3.63) is 53.4 Å². The second-order valence-corrected chi connectivity index (χ2v) is 9.02. The predicted octanol–water partition coefficient (Wildman–Crippen LogP) is 4.66. The van der Waals surface area contributed by atoms with Crippen LogP contribution in [-0.4, -0.2) is 25.6 Å². The Hall–Kier alpha value is -2.96. The number of fused-ring (bicyclic) bond motifs is 1. The Morgan fingerprint density at radius 2 is 1.94 bits per heavy atom. The van der Waals surface area contributed by atoms with Crippen molar-refractivity contribution < 1.29 is 9.32 Å². The maximum atomic E-state index is 13.4. The summed E-state index contributed by atoms with van der Waals surface area (Å²) in [5, 5.41) is 7.28. The lowest BCUT2D eigenvalue weighted by atomic mass is 10.0. The number of hydrogen-bond acceptors (Lipinski definition) is 5. The van der Waals surface area contributed by atoms with Crippen LogP contribution in [0.3, 0.4) is 0 Å². The Labute approximate surface area is 182 Å². The lowest BCUT2D eigenvalue weighted by Gasteiger charge is -2.18. The molecular weight excluding hydrogens is 390 g/mol. The highest BCUT2D eigenvalue weighted by molar-refractivity contribution is 5.94. The minimum Gasteiger partial charge on any atom is -0.339 e. The van der Waals surface area contributed by atoms with Crippen molar-refractivity contribution in [1.29, 1.82) is 0 Å². The van der Waals surface area contributed by atoms with Gasteiger partial charge in [-0.3, -0.25) is 4.79 Å². The van der Waals surface area contributed by atoms with Crippen LogP contribution in [0.4, 0.5) is 0 Å². The molecule has 1 unspecified atom stereocenters. The van der Waals surface area contributed by atoms with E-state index in [1.54, 1.807) is 0 Å². The Bertz CT molecular complexity index is 1070. The highest BCUT2D eigenvalue weighted by Gasteiger charge is 2.33. The Balaban J connectivity index is 1.46. The third kappa shape index (κ3) is 4.01. The molecule has 1 amide bonds. The Kier molecular flexibility index (Phi) is 5.34. The molecule has 0 saturated heterocycles. The van der Waals surface area contributed by atoms with E-state index in [0.29, 0.717) is 17.5 Å². The quantitative estimate of drug-likeness (QED) is 0.628. The van der Waals surface area contributed by atoms with Crippen molar-refractivity contribution in [3.63, 3.8) is 0 Å². The van der Waals surface area contributed by atoms with Crippen LogP contribution >= 0.6 is 0 Å². The van der Waals surface area contributed by atoms with Gasteiger partial charge in [-0.05, 0) is 38.0 Å². The van der Waals surface area contributed by atoms with E-state index in [0.717, 1.165) is 68.0 Å². The van der Waals surface area contributed by atoms with Gasteiger partial charge < -0.3 is 14.4 Å². The molecule has 1 saturated carbocycles. The van der Waals surface area contributed by atoms with E-state index in [-0.39, 0.29) is 17.9 Å². The molecule has 1 aliphatic heterocycles. The summed E-state index contributed by atoms with van der Waals surface area (Å²) in [5.74, 6) is 2.48. The number of imidazole rings is 1. The van der Waals surface area contributed by atoms with Crippen LogP contribution in [0.5, 0.6) is 0 Å². The van der Waals surface area contributed by atoms with E-state index in [4.69, 9.17) is 9.51 Å². The monoisotopic (exact) mass is 419 g/mol. The standard InChI is InChI=1S/C24H29N5O2/c1-15(2)19(24-27-21(28-31-24)16-12-13-16)26-23(30)20-18-11-7-4-8-14-29(18)22(25-20)17-9-5-3-6-10-17/h3,5-6,9-10,15-16,19H,4,7-8,11-14H2,1-2H3,(H,26,30). The lowest BCUT2D eigenvalue weighted by molar-refractivity contribution is 0.0908. The van der Waals surface area contributed by atoms with Crippen LogP contribution in [0.1, 0.15) is 85.8 Å². The molecule has 1 atom stereocenters. The summed E-state index contributed by atoms with van der Waals surface area (Å²) in [4.78, 5) is 22.9. The molecule has 2 aliphatic rings. The molecule has 2 aromatic heterocycles. The first-order chi connectivity index (χ1) is 15.1. The van der Waals surface area contributed by atoms with Gasteiger partial charge in [0.05, 0.1) is 5.69 Å². The third-order valence-electron chi connectivity index (χ3n) is 6.23. The van der Waals surface area contributed by atoms with Crippen molar-refractivity contribution in [2.45, 2.75) is 70.9 Å². The fourth-order valence-electron chi connectivity index (χ4n) is 4.31. The number of nitrogens with zero attached hydrogens (tertiary/aromatic N) is 4. The molecule has 3 aromatic rings. The fraction of sp³-hybridized carbons (Fsp3) is 0.500. The molecule has 0 spiro atoms. The van der Waals surface area contributed by atoms with E-state index < -0.39 is 0 Å². The first-order valence-electron chi connectivity index (χ1n) is 11.4. The molecule has 5 rings (SSSR count). The van der Waals surface area contributed by atoms with Gasteiger partial charge in [-0.1, -0.05) is 55.8 Å². The molecule has 1 aliphatic carbocycles. The van der Waals surface area contributed by atoms with Crippen molar-refractivity contribution >= 4 is 5.91 Å². The molecule has 7 heteroatoms. The Morgan fingerprint density at radius 1 is 1.13 bits per heavy atom. The van der Waals surface area contributed by atoms with Gasteiger partial charge >= 0.3 is 0 Å². The number of hydrogen-bond donors (Lipinski definition) is 1. The molecule has 162 valence electrons. The average molecular weight is 420 g/mol. The first kappa shape index (κ1) is 20.0. The fourth-order valence-corrected chi connectivity index (χ4v) is 4.31. The van der Waals surface area contributed by atoms with Gasteiger partial charge in [-0.25, -0.2) is 4.98 Å². The highest BCUT2D eigenvalue weighted by atomic mass is 16.5. The van der Waals surface area contributed by atoms with Crippen molar-refractivity contribution in [3.8, 4) is 11.4 Å². The second-order valence-electron chi connectivity index (χ2n) is 9.02. The van der Waals surface area contributed by atoms with Gasteiger partial charge in [-0.2, -0.15) is 4.98 Å². The summed E-state index contributed by atoms with van der Waals surface area (Å²) in [6.07, 6.45) is 6.42. The van der Waals surface area contributed by atoms with Crippen LogP contribution in [0.25, 0.3) is 11.4 Å². The van der Waals surface area contributed by atoms with Gasteiger partial charge in [0.1, 0.15) is 17.6 Å². The number of rotatable bonds is 6. The largest absolute Gasteiger partial charge is 0.339 e. The van der Waals surface area contributed by atoms with Crippen molar-refractivity contribution in [1.82, 2.24) is 25.0 Å². The van der Waals surface area contributed by atoms with Crippen LogP contribution in [0.15, 0.2) is 34.9 Å². The van der Waals surface area contributed by atoms with Crippen molar-refractivity contribution in [2.75, 3.05) is 0 Å². The maximum absolute atomic E-state index is 13.4. The number of carbonyl (C=O) groups is 1. The number of aromatic nitrogens is 4. The van der Waals surface area contributed by atoms with Gasteiger partial charge in [0.2, 0.25) is 5.89 Å². The third-order valence-corrected chi connectivity index (χ3v) is 6.23. The zero-order chi connectivity index (χ0) is 21.4. The second kappa shape index (κ2) is 8.29. The summed E-state index contributed by atoms with van der Waals surface area (Å²) in [6, 6.07) is 9.78. The Morgan fingerprint density at radius 3 is 2.68 bits per heavy atom. The van der Waals surface area contributed by atoms with E-state index >= 15 is 0 Å². The smallest absolute Gasteiger partial charge is 0.272 e. The summed E-state index contributed by atoms with van der Waals surface area (Å²) in [7, 11) is 0. The summed E-state index contributed by atoms with van der Waals surface area (Å²) in [5.41, 5.74) is 2.59. The van der Waals surface area contributed by atoms with E-state index in [2.05, 4.69) is 46.0 Å². The van der Waals surface area contributed by atoms with Gasteiger partial charge in [0.15, 0.2) is 5.82 Å². The molecule has 31 heavy (non-hydrogen) atoms. The summed E-state index contributed by atoms with van der Waals surface area (Å²) < 4.78 is 7.77. The van der Waals surface area contributed by atoms with Crippen LogP contribution in [0, 0.1) is 5.92 Å². The van der Waals surface area contributed by atoms with Gasteiger partial charge in [0, 0.05) is 18.0 Å². The molecule has 0 radical (unpaired) electrons. The zero-order valence-corrected chi connectivity index (χ0v) is 18.2. The van der Waals surface area contributed by atoms with E-state index in [9.17, 15) is 4.79 Å². The SMILES string of the molecule is CC(C)C(NC(=O)c1nc(-c2ccccc2)n2c1CCCCC2)c1nc(C2CC2)no1. The molecule has 7 nitrogen and oxygen atoms in total. The van der Waals surface area contributed by atoms with Gasteiger partial charge in [0.25, 0.3) is 5.91 Å². The van der Waals surface area contributed by atoms with E-state index in [1.165, 1.54) is 0 Å². The minimum absolute atomic E-state index is 0.117. The van der Waals surface area contributed by atoms with E-state index in [1.807, 2.05) is 18.2 Å². The topological polar surface area (TPSA) is 85.8 Å². The predicted molar refractivity (Wildman–Crippen MR) is 117 cm³/mol. The molecule has 3 heterocycles. The summed E-state index contributed by atoms with van der Waals surface area (Å²) >= 11 is 0. The number of carbonyl (C=O) groups excluding carboxylic acids is 1. The molecule has 1 fully saturated rings. The number of benzene rings is 1. The minimum atomic E-state index is -0.337. The molecule has 0 bridgehead atoms. The first-order valence-corrected chi connectivity index (χ1v) is 11.4. The number of nitrogens with one attached hydrogen (secondary N) is 1. The van der Waals surface area contributed by atoms with Crippen LogP contribution in [0.2, 0.25) is 0 Å². The molecule has 1 aromatic carbocycles. The van der Waals surface area contributed by atoms with Crippen LogP contribution < -0.4 is 5.32 Å². The summed E-state index contributed by atoms with van der Waals surface area (Å²) in [6.45, 7) is 4.99. The number of amides is 1. The molecule has 1 N–H and O–H groups in total. The normalized spacial score (nSPS) is 17.3. The van der Waals surface area contributed by atoms with Gasteiger partial charge in [-0.15, -0.1) is 0 Å². The highest BCUT2D eigenvalue weighted by Crippen LogP contribution is 2.39. The van der Waals surface area contributed by atoms with Crippen LogP contribution in [-0.2, 0) is 13.0 Å². The molecular formula is C24H29N5O2. The maximum Gasteiger partial charge on any atom is 0.272 e. The van der Waals surface area contributed by atoms with Crippen molar-refractivity contribution in [2.24, 2.45) is 5.92 Å².